The van der Waals surface area contributed by atoms with Crippen LogP contribution in [0.15, 0.2) is 59.7 Å². The van der Waals surface area contributed by atoms with E-state index < -0.39 is 6.09 Å². The molecule has 6 nitrogen and oxygen atoms in total. The van der Waals surface area contributed by atoms with Crippen LogP contribution in [-0.4, -0.2) is 32.6 Å². The molecule has 0 fully saturated rings. The van der Waals surface area contributed by atoms with Gasteiger partial charge in [-0.25, -0.2) is 10.2 Å². The van der Waals surface area contributed by atoms with Gasteiger partial charge < -0.3 is 14.2 Å². The summed E-state index contributed by atoms with van der Waals surface area (Å²) in [5, 5.41) is 3.87. The molecule has 0 aliphatic rings. The normalized spacial score (nSPS) is 10.8. The maximum absolute atomic E-state index is 11.3. The minimum absolute atomic E-state index is 0.280. The van der Waals surface area contributed by atoms with Gasteiger partial charge in [0.25, 0.3) is 0 Å². The standard InChI is InChI=1S/C20H22N2O4/c1-3-25-20(23)22-21-15-17-12-7-13-18(24-2)19(17)26-14-8-11-16-9-5-4-6-10-16/h4-13,15H,3,14H2,1-2H3,(H,22,23)/b11-8+,21-15?. The average Bonchev–Trinajstić information content (AvgIpc) is 2.67. The summed E-state index contributed by atoms with van der Waals surface area (Å²) < 4.78 is 15.9. The van der Waals surface area contributed by atoms with Crippen molar-refractivity contribution in [2.24, 2.45) is 5.10 Å². The molecule has 1 amide bonds. The quantitative estimate of drug-likeness (QED) is 0.577. The van der Waals surface area contributed by atoms with Gasteiger partial charge in [0.05, 0.1) is 19.9 Å². The molecular weight excluding hydrogens is 332 g/mol. The van der Waals surface area contributed by atoms with Gasteiger partial charge in [0.2, 0.25) is 0 Å². The van der Waals surface area contributed by atoms with Crippen molar-refractivity contribution in [1.82, 2.24) is 5.43 Å². The lowest BCUT2D eigenvalue weighted by molar-refractivity contribution is 0.152. The first-order chi connectivity index (χ1) is 12.7. The maximum atomic E-state index is 11.3. The summed E-state index contributed by atoms with van der Waals surface area (Å²) in [7, 11) is 1.57. The van der Waals surface area contributed by atoms with E-state index in [9.17, 15) is 4.79 Å². The van der Waals surface area contributed by atoms with Gasteiger partial charge in [-0.1, -0.05) is 42.5 Å². The van der Waals surface area contributed by atoms with Crippen LogP contribution in [-0.2, 0) is 4.74 Å². The number of para-hydroxylation sites is 1. The third-order valence-electron chi connectivity index (χ3n) is 3.30. The zero-order valence-corrected chi connectivity index (χ0v) is 14.8. The molecule has 0 aromatic heterocycles. The number of hydrazone groups is 1. The number of benzene rings is 2. The van der Waals surface area contributed by atoms with E-state index in [0.29, 0.717) is 23.7 Å². The molecule has 0 unspecified atom stereocenters. The summed E-state index contributed by atoms with van der Waals surface area (Å²) >= 11 is 0. The molecule has 0 heterocycles. The fourth-order valence-corrected chi connectivity index (χ4v) is 2.15. The fourth-order valence-electron chi connectivity index (χ4n) is 2.15. The van der Waals surface area contributed by atoms with Gasteiger partial charge >= 0.3 is 6.09 Å². The van der Waals surface area contributed by atoms with Crippen LogP contribution < -0.4 is 14.9 Å². The number of methoxy groups -OCH3 is 1. The predicted octanol–water partition coefficient (Wildman–Crippen LogP) is 3.87. The first kappa shape index (κ1) is 19.1. The van der Waals surface area contributed by atoms with E-state index in [1.54, 1.807) is 20.1 Å². The lowest BCUT2D eigenvalue weighted by Crippen LogP contribution is -2.18. The molecule has 0 aliphatic heterocycles. The van der Waals surface area contributed by atoms with Gasteiger partial charge in [-0.2, -0.15) is 5.10 Å². The number of hydrogen-bond acceptors (Lipinski definition) is 5. The van der Waals surface area contributed by atoms with Crippen LogP contribution in [0.1, 0.15) is 18.1 Å². The Kier molecular flexibility index (Phi) is 7.74. The molecule has 1 N–H and O–H groups in total. The Labute approximate surface area is 153 Å². The molecule has 136 valence electrons. The van der Waals surface area contributed by atoms with Crippen molar-refractivity contribution in [2.75, 3.05) is 20.3 Å². The average molecular weight is 354 g/mol. The van der Waals surface area contributed by atoms with Crippen LogP contribution in [0.25, 0.3) is 6.08 Å². The van der Waals surface area contributed by atoms with E-state index in [-0.39, 0.29) is 6.61 Å². The summed E-state index contributed by atoms with van der Waals surface area (Å²) in [6.45, 7) is 2.37. The van der Waals surface area contributed by atoms with Crippen molar-refractivity contribution < 1.29 is 19.0 Å². The number of carbonyl (C=O) groups is 1. The van der Waals surface area contributed by atoms with Crippen molar-refractivity contribution >= 4 is 18.4 Å². The molecule has 0 saturated heterocycles. The minimum atomic E-state index is -0.611. The van der Waals surface area contributed by atoms with Gasteiger partial charge in [0, 0.05) is 5.56 Å². The van der Waals surface area contributed by atoms with Gasteiger partial charge in [0.15, 0.2) is 11.5 Å². The molecule has 0 aliphatic carbocycles. The third-order valence-corrected chi connectivity index (χ3v) is 3.30. The largest absolute Gasteiger partial charge is 0.493 e. The van der Waals surface area contributed by atoms with Crippen LogP contribution in [0.2, 0.25) is 0 Å². The Bertz CT molecular complexity index is 758. The second kappa shape index (κ2) is 10.6. The predicted molar refractivity (Wildman–Crippen MR) is 102 cm³/mol. The summed E-state index contributed by atoms with van der Waals surface area (Å²) in [5.74, 6) is 1.13. The SMILES string of the molecule is CCOC(=O)NN=Cc1cccc(OC)c1OC/C=C/c1ccccc1. The Morgan fingerprint density at radius 3 is 2.69 bits per heavy atom. The molecule has 0 spiro atoms. The van der Waals surface area contributed by atoms with Gasteiger partial charge in [0.1, 0.15) is 6.61 Å². The van der Waals surface area contributed by atoms with E-state index in [1.165, 1.54) is 6.21 Å². The van der Waals surface area contributed by atoms with Crippen molar-refractivity contribution in [1.29, 1.82) is 0 Å². The van der Waals surface area contributed by atoms with E-state index in [2.05, 4.69) is 10.5 Å². The zero-order valence-electron chi connectivity index (χ0n) is 14.8. The topological polar surface area (TPSA) is 69.2 Å². The molecule has 0 bridgehead atoms. The smallest absolute Gasteiger partial charge is 0.427 e. The summed E-state index contributed by atoms with van der Waals surface area (Å²) in [5.41, 5.74) is 4.05. The lowest BCUT2D eigenvalue weighted by atomic mass is 10.2. The fraction of sp³-hybridized carbons (Fsp3) is 0.200. The Morgan fingerprint density at radius 2 is 1.96 bits per heavy atom. The van der Waals surface area contributed by atoms with Crippen molar-refractivity contribution in [3.8, 4) is 11.5 Å². The van der Waals surface area contributed by atoms with Crippen LogP contribution in [0.3, 0.4) is 0 Å². The number of amides is 1. The Hall–Kier alpha value is -3.28. The van der Waals surface area contributed by atoms with E-state index in [4.69, 9.17) is 14.2 Å². The summed E-state index contributed by atoms with van der Waals surface area (Å²) in [6.07, 6.45) is 4.76. The molecule has 0 radical (unpaired) electrons. The number of nitrogens with zero attached hydrogens (tertiary/aromatic N) is 1. The molecule has 26 heavy (non-hydrogen) atoms. The second-order valence-electron chi connectivity index (χ2n) is 5.09. The van der Waals surface area contributed by atoms with Gasteiger partial charge in [-0.15, -0.1) is 0 Å². The zero-order chi connectivity index (χ0) is 18.6. The van der Waals surface area contributed by atoms with Crippen LogP contribution in [0.4, 0.5) is 4.79 Å². The molecule has 6 heteroatoms. The van der Waals surface area contributed by atoms with Gasteiger partial charge in [-0.3, -0.25) is 0 Å². The summed E-state index contributed by atoms with van der Waals surface area (Å²) in [4.78, 5) is 11.3. The molecule has 0 atom stereocenters. The number of nitrogens with one attached hydrogen (secondary N) is 1. The maximum Gasteiger partial charge on any atom is 0.427 e. The van der Waals surface area contributed by atoms with Crippen molar-refractivity contribution in [2.45, 2.75) is 6.92 Å². The highest BCUT2D eigenvalue weighted by Crippen LogP contribution is 2.30. The van der Waals surface area contributed by atoms with E-state index >= 15 is 0 Å². The monoisotopic (exact) mass is 354 g/mol. The highest BCUT2D eigenvalue weighted by Gasteiger charge is 2.09. The molecule has 2 aromatic carbocycles. The van der Waals surface area contributed by atoms with E-state index in [0.717, 1.165) is 5.56 Å². The van der Waals surface area contributed by atoms with Crippen LogP contribution >= 0.6 is 0 Å². The van der Waals surface area contributed by atoms with Crippen LogP contribution in [0.5, 0.6) is 11.5 Å². The highest BCUT2D eigenvalue weighted by molar-refractivity contribution is 5.85. The number of rotatable bonds is 8. The van der Waals surface area contributed by atoms with Crippen molar-refractivity contribution in [3.63, 3.8) is 0 Å². The molecule has 2 rings (SSSR count). The van der Waals surface area contributed by atoms with Crippen LogP contribution in [0, 0.1) is 0 Å². The Morgan fingerprint density at radius 1 is 1.15 bits per heavy atom. The number of ether oxygens (including phenoxy) is 3. The first-order valence-electron chi connectivity index (χ1n) is 8.21. The number of carbonyl (C=O) groups excluding carboxylic acids is 1. The Balaban J connectivity index is 2.04. The summed E-state index contributed by atoms with van der Waals surface area (Å²) in [6, 6.07) is 15.4. The molecule has 2 aromatic rings. The first-order valence-corrected chi connectivity index (χ1v) is 8.21. The minimum Gasteiger partial charge on any atom is -0.493 e. The third kappa shape index (κ3) is 5.98. The van der Waals surface area contributed by atoms with E-state index in [1.807, 2.05) is 54.6 Å². The highest BCUT2D eigenvalue weighted by atomic mass is 16.5. The van der Waals surface area contributed by atoms with Crippen molar-refractivity contribution in [3.05, 3.63) is 65.7 Å². The van der Waals surface area contributed by atoms with Gasteiger partial charge in [-0.05, 0) is 30.7 Å². The lowest BCUT2D eigenvalue weighted by Gasteiger charge is -2.11. The molecule has 0 saturated carbocycles. The number of hydrogen-bond donors (Lipinski definition) is 1. The molecular formula is C20H22N2O4. The second-order valence-corrected chi connectivity index (χ2v) is 5.09.